The van der Waals surface area contributed by atoms with E-state index in [0.717, 1.165) is 13.0 Å². The fraction of sp³-hybridized carbons (Fsp3) is 0.529. The van der Waals surface area contributed by atoms with Crippen LogP contribution >= 0.6 is 23.2 Å². The Morgan fingerprint density at radius 3 is 2.80 bits per heavy atom. The molecule has 2 saturated heterocycles. The monoisotopic (exact) mass is 385 g/mol. The van der Waals surface area contributed by atoms with Crippen LogP contribution in [0, 0.1) is 5.41 Å². The van der Waals surface area contributed by atoms with Crippen LogP contribution < -0.4 is 5.32 Å². The van der Waals surface area contributed by atoms with Gasteiger partial charge in [-0.3, -0.25) is 4.79 Å². The first-order valence-corrected chi connectivity index (χ1v) is 9.00. The highest BCUT2D eigenvalue weighted by molar-refractivity contribution is 6.36. The molecule has 3 rings (SSSR count). The van der Waals surface area contributed by atoms with Crippen molar-refractivity contribution in [3.63, 3.8) is 0 Å². The Balaban J connectivity index is 1.62. The van der Waals surface area contributed by atoms with Gasteiger partial charge in [0.25, 0.3) is 0 Å². The van der Waals surface area contributed by atoms with E-state index in [2.05, 4.69) is 5.32 Å². The minimum Gasteiger partial charge on any atom is -0.383 e. The van der Waals surface area contributed by atoms with Crippen LogP contribution in [0.3, 0.4) is 0 Å². The van der Waals surface area contributed by atoms with Crippen LogP contribution in [0.5, 0.6) is 0 Å². The number of nitrogens with one attached hydrogen (secondary N) is 1. The second-order valence-electron chi connectivity index (χ2n) is 6.54. The van der Waals surface area contributed by atoms with E-state index in [0.29, 0.717) is 48.4 Å². The molecule has 0 aromatic heterocycles. The van der Waals surface area contributed by atoms with Crippen LogP contribution in [0.15, 0.2) is 18.2 Å². The first-order chi connectivity index (χ1) is 11.9. The predicted molar refractivity (Wildman–Crippen MR) is 97.2 cm³/mol. The summed E-state index contributed by atoms with van der Waals surface area (Å²) in [7, 11) is 1.62. The fourth-order valence-electron chi connectivity index (χ4n) is 3.52. The molecule has 8 heteroatoms. The summed E-state index contributed by atoms with van der Waals surface area (Å²) in [6, 6.07) is 4.67. The number of carbonyl (C=O) groups excluding carboxylic acids is 2. The van der Waals surface area contributed by atoms with E-state index in [9.17, 15) is 9.59 Å². The molecule has 1 aromatic rings. The van der Waals surface area contributed by atoms with Gasteiger partial charge in [0.15, 0.2) is 0 Å². The zero-order chi connectivity index (χ0) is 18.0. The van der Waals surface area contributed by atoms with Gasteiger partial charge in [-0.25, -0.2) is 4.79 Å². The molecule has 2 fully saturated rings. The minimum atomic E-state index is -0.450. The number of urea groups is 1. The molecule has 1 unspecified atom stereocenters. The van der Waals surface area contributed by atoms with Crippen molar-refractivity contribution in [3.05, 3.63) is 28.2 Å². The highest BCUT2D eigenvalue weighted by Crippen LogP contribution is 2.40. The summed E-state index contributed by atoms with van der Waals surface area (Å²) in [4.78, 5) is 28.8. The standard InChI is InChI=1S/C17H21Cl2N3O3/c1-25-9-8-21-6-4-17(15(21)23)5-7-22(11-17)16(24)20-14-3-2-12(18)10-13(14)19/h2-3,10H,4-9,11H2,1H3,(H,20,24). The molecule has 0 radical (unpaired) electrons. The van der Waals surface area contributed by atoms with E-state index in [1.54, 1.807) is 30.2 Å². The third-order valence-corrected chi connectivity index (χ3v) is 5.53. The van der Waals surface area contributed by atoms with Gasteiger partial charge in [-0.2, -0.15) is 0 Å². The highest BCUT2D eigenvalue weighted by atomic mass is 35.5. The Hall–Kier alpha value is -1.50. The Bertz CT molecular complexity index is 685. The van der Waals surface area contributed by atoms with Gasteiger partial charge >= 0.3 is 6.03 Å². The summed E-state index contributed by atoms with van der Waals surface area (Å²) in [6.45, 7) is 2.85. The Kier molecular flexibility index (Phi) is 5.41. The van der Waals surface area contributed by atoms with E-state index < -0.39 is 5.41 Å². The summed E-state index contributed by atoms with van der Waals surface area (Å²) in [5.41, 5.74) is 0.0611. The summed E-state index contributed by atoms with van der Waals surface area (Å²) in [5.74, 6) is 0.129. The molecule has 25 heavy (non-hydrogen) atoms. The van der Waals surface area contributed by atoms with Crippen molar-refractivity contribution in [3.8, 4) is 0 Å². The van der Waals surface area contributed by atoms with E-state index in [1.807, 2.05) is 4.90 Å². The number of methoxy groups -OCH3 is 1. The second kappa shape index (κ2) is 7.40. The normalized spacial score (nSPS) is 22.9. The summed E-state index contributed by atoms with van der Waals surface area (Å²) in [5, 5.41) is 3.69. The maximum Gasteiger partial charge on any atom is 0.321 e. The maximum absolute atomic E-state index is 12.7. The average Bonchev–Trinajstić information content (AvgIpc) is 3.15. The molecule has 1 N–H and O–H groups in total. The molecule has 3 amide bonds. The van der Waals surface area contributed by atoms with E-state index in [1.165, 1.54) is 0 Å². The fourth-order valence-corrected chi connectivity index (χ4v) is 3.97. The number of hydrogen-bond acceptors (Lipinski definition) is 3. The second-order valence-corrected chi connectivity index (χ2v) is 7.38. The lowest BCUT2D eigenvalue weighted by molar-refractivity contribution is -0.135. The largest absolute Gasteiger partial charge is 0.383 e. The minimum absolute atomic E-state index is 0.129. The van der Waals surface area contributed by atoms with Crippen molar-refractivity contribution in [1.82, 2.24) is 9.80 Å². The third-order valence-electron chi connectivity index (χ3n) is 4.98. The molecule has 0 aliphatic carbocycles. The third kappa shape index (κ3) is 3.71. The number of hydrogen-bond donors (Lipinski definition) is 1. The van der Waals surface area contributed by atoms with Crippen molar-refractivity contribution in [2.75, 3.05) is 45.2 Å². The molecule has 0 bridgehead atoms. The molecule has 1 atom stereocenters. The quantitative estimate of drug-likeness (QED) is 0.865. The number of halogens is 2. The molecule has 1 aromatic carbocycles. The SMILES string of the molecule is COCCN1CCC2(CCN(C(=O)Nc3ccc(Cl)cc3Cl)C2)C1=O. The van der Waals surface area contributed by atoms with Gasteiger partial charge < -0.3 is 19.9 Å². The van der Waals surface area contributed by atoms with Crippen molar-refractivity contribution in [2.24, 2.45) is 5.41 Å². The van der Waals surface area contributed by atoms with Crippen LogP contribution in [0.25, 0.3) is 0 Å². The first kappa shape index (κ1) is 18.3. The zero-order valence-corrected chi connectivity index (χ0v) is 15.6. The van der Waals surface area contributed by atoms with Crippen LogP contribution in [0.1, 0.15) is 12.8 Å². The number of carbonyl (C=O) groups is 2. The van der Waals surface area contributed by atoms with Gasteiger partial charge in [0.1, 0.15) is 0 Å². The first-order valence-electron chi connectivity index (χ1n) is 8.24. The molecule has 2 aliphatic heterocycles. The molecule has 2 heterocycles. The van der Waals surface area contributed by atoms with Gasteiger partial charge in [-0.1, -0.05) is 23.2 Å². The Labute approximate surface area is 157 Å². The van der Waals surface area contributed by atoms with Crippen molar-refractivity contribution < 1.29 is 14.3 Å². The van der Waals surface area contributed by atoms with Crippen LogP contribution in [-0.2, 0) is 9.53 Å². The zero-order valence-electron chi connectivity index (χ0n) is 14.1. The lowest BCUT2D eigenvalue weighted by Gasteiger charge is -2.24. The van der Waals surface area contributed by atoms with Gasteiger partial charge in [-0.15, -0.1) is 0 Å². The Morgan fingerprint density at radius 1 is 1.32 bits per heavy atom. The van der Waals surface area contributed by atoms with Crippen LogP contribution in [0.2, 0.25) is 10.0 Å². The number of rotatable bonds is 4. The smallest absolute Gasteiger partial charge is 0.321 e. The number of ether oxygens (including phenoxy) is 1. The van der Waals surface area contributed by atoms with Crippen molar-refractivity contribution in [1.29, 1.82) is 0 Å². The Morgan fingerprint density at radius 2 is 2.08 bits per heavy atom. The lowest BCUT2D eigenvalue weighted by Crippen LogP contribution is -2.40. The van der Waals surface area contributed by atoms with Gasteiger partial charge in [0.05, 0.1) is 22.7 Å². The number of likely N-dealkylation sites (tertiary alicyclic amines) is 2. The maximum atomic E-state index is 12.7. The predicted octanol–water partition coefficient (Wildman–Crippen LogP) is 3.10. The summed E-state index contributed by atoms with van der Waals surface area (Å²) >= 11 is 12.0. The number of amides is 3. The van der Waals surface area contributed by atoms with E-state index in [4.69, 9.17) is 27.9 Å². The van der Waals surface area contributed by atoms with E-state index >= 15 is 0 Å². The molecular weight excluding hydrogens is 365 g/mol. The number of nitrogens with zero attached hydrogens (tertiary/aromatic N) is 2. The summed E-state index contributed by atoms with van der Waals surface area (Å²) < 4.78 is 5.06. The van der Waals surface area contributed by atoms with Gasteiger partial charge in [0.2, 0.25) is 5.91 Å². The molecule has 1 spiro atoms. The average molecular weight is 386 g/mol. The van der Waals surface area contributed by atoms with Gasteiger partial charge in [-0.05, 0) is 31.0 Å². The molecule has 136 valence electrons. The van der Waals surface area contributed by atoms with Crippen LogP contribution in [-0.4, -0.2) is 61.6 Å². The molecule has 0 saturated carbocycles. The van der Waals surface area contributed by atoms with Crippen molar-refractivity contribution >= 4 is 40.8 Å². The van der Waals surface area contributed by atoms with Crippen LogP contribution in [0.4, 0.5) is 10.5 Å². The van der Waals surface area contributed by atoms with Crippen molar-refractivity contribution in [2.45, 2.75) is 12.8 Å². The van der Waals surface area contributed by atoms with Gasteiger partial charge in [0, 0.05) is 38.3 Å². The topological polar surface area (TPSA) is 61.9 Å². The molecular formula is C17H21Cl2N3O3. The molecule has 6 nitrogen and oxygen atoms in total. The van der Waals surface area contributed by atoms with E-state index in [-0.39, 0.29) is 11.9 Å². The number of benzene rings is 1. The number of anilines is 1. The molecule has 2 aliphatic rings. The lowest BCUT2D eigenvalue weighted by atomic mass is 9.85. The highest BCUT2D eigenvalue weighted by Gasteiger charge is 2.51. The summed E-state index contributed by atoms with van der Waals surface area (Å²) in [6.07, 6.45) is 1.47.